The molecular weight excluding hydrogens is 240 g/mol. The van der Waals surface area contributed by atoms with Gasteiger partial charge in [-0.1, -0.05) is 26.7 Å². The first-order valence-corrected chi connectivity index (χ1v) is 7.85. The van der Waals surface area contributed by atoms with Crippen molar-refractivity contribution in [1.29, 1.82) is 0 Å². The van der Waals surface area contributed by atoms with Crippen molar-refractivity contribution in [1.82, 2.24) is 9.80 Å². The number of aliphatic hydroxyl groups is 1. The van der Waals surface area contributed by atoms with Crippen LogP contribution in [0.2, 0.25) is 0 Å². The molecule has 0 bridgehead atoms. The summed E-state index contributed by atoms with van der Waals surface area (Å²) in [5.74, 6) is 0.232. The van der Waals surface area contributed by atoms with Gasteiger partial charge in [0.05, 0.1) is 12.6 Å². The lowest BCUT2D eigenvalue weighted by Crippen LogP contribution is -2.46. The third-order valence-corrected chi connectivity index (χ3v) is 3.76. The van der Waals surface area contributed by atoms with E-state index in [4.69, 9.17) is 0 Å². The second-order valence-corrected chi connectivity index (χ2v) is 5.62. The molecule has 19 heavy (non-hydrogen) atoms. The Morgan fingerprint density at radius 2 is 1.89 bits per heavy atom. The van der Waals surface area contributed by atoms with Crippen molar-refractivity contribution in [3.05, 3.63) is 0 Å². The van der Waals surface area contributed by atoms with Gasteiger partial charge in [0.2, 0.25) is 5.91 Å². The lowest BCUT2D eigenvalue weighted by atomic mass is 10.1. The highest BCUT2D eigenvalue weighted by molar-refractivity contribution is 5.78. The molecule has 1 aliphatic rings. The Balaban J connectivity index is 2.40. The van der Waals surface area contributed by atoms with E-state index in [1.807, 2.05) is 4.90 Å². The van der Waals surface area contributed by atoms with Crippen molar-refractivity contribution in [3.8, 4) is 0 Å². The van der Waals surface area contributed by atoms with Gasteiger partial charge in [0.1, 0.15) is 0 Å². The molecule has 4 heteroatoms. The van der Waals surface area contributed by atoms with E-state index in [9.17, 15) is 9.90 Å². The summed E-state index contributed by atoms with van der Waals surface area (Å²) in [5.41, 5.74) is 0. The maximum absolute atomic E-state index is 12.3. The lowest BCUT2D eigenvalue weighted by molar-refractivity contribution is -0.133. The van der Waals surface area contributed by atoms with Crippen LogP contribution in [0.25, 0.3) is 0 Å². The minimum atomic E-state index is -0.249. The van der Waals surface area contributed by atoms with E-state index in [1.54, 1.807) is 0 Å². The number of nitrogens with zero attached hydrogens (tertiary/aromatic N) is 2. The molecule has 1 fully saturated rings. The topological polar surface area (TPSA) is 43.8 Å². The third-order valence-electron chi connectivity index (χ3n) is 3.76. The SMILES string of the molecule is CCCCN(CCCC)C(=O)CN1CCC[C@H](O)C1. The summed E-state index contributed by atoms with van der Waals surface area (Å²) in [6.07, 6.45) is 6.03. The van der Waals surface area contributed by atoms with Crippen LogP contribution in [0.5, 0.6) is 0 Å². The lowest BCUT2D eigenvalue weighted by Gasteiger charge is -2.31. The first kappa shape index (κ1) is 16.4. The van der Waals surface area contributed by atoms with Gasteiger partial charge in [-0.3, -0.25) is 9.69 Å². The Labute approximate surface area is 117 Å². The smallest absolute Gasteiger partial charge is 0.236 e. The molecule has 1 aliphatic heterocycles. The van der Waals surface area contributed by atoms with Gasteiger partial charge in [-0.05, 0) is 32.2 Å². The van der Waals surface area contributed by atoms with Gasteiger partial charge < -0.3 is 10.0 Å². The zero-order valence-corrected chi connectivity index (χ0v) is 12.6. The van der Waals surface area contributed by atoms with Crippen LogP contribution in [-0.4, -0.2) is 59.6 Å². The molecule has 1 saturated heterocycles. The van der Waals surface area contributed by atoms with Crippen molar-refractivity contribution in [3.63, 3.8) is 0 Å². The largest absolute Gasteiger partial charge is 0.392 e. The average Bonchev–Trinajstić information content (AvgIpc) is 2.38. The van der Waals surface area contributed by atoms with Crippen molar-refractivity contribution in [2.24, 2.45) is 0 Å². The summed E-state index contributed by atoms with van der Waals surface area (Å²) in [7, 11) is 0. The van der Waals surface area contributed by atoms with Gasteiger partial charge >= 0.3 is 0 Å². The Hall–Kier alpha value is -0.610. The summed E-state index contributed by atoms with van der Waals surface area (Å²) < 4.78 is 0. The van der Waals surface area contributed by atoms with E-state index in [0.717, 1.165) is 58.2 Å². The van der Waals surface area contributed by atoms with Crippen LogP contribution < -0.4 is 0 Å². The van der Waals surface area contributed by atoms with Crippen molar-refractivity contribution < 1.29 is 9.90 Å². The Morgan fingerprint density at radius 3 is 2.42 bits per heavy atom. The zero-order valence-electron chi connectivity index (χ0n) is 12.6. The summed E-state index contributed by atoms with van der Waals surface area (Å²) in [5, 5.41) is 9.65. The molecule has 4 nitrogen and oxygen atoms in total. The fraction of sp³-hybridized carbons (Fsp3) is 0.933. The number of hydrogen-bond donors (Lipinski definition) is 1. The molecule has 0 aromatic rings. The molecule has 0 aromatic heterocycles. The Kier molecular flexibility index (Phi) is 8.07. The maximum atomic E-state index is 12.3. The van der Waals surface area contributed by atoms with E-state index >= 15 is 0 Å². The van der Waals surface area contributed by atoms with Gasteiger partial charge in [-0.2, -0.15) is 0 Å². The van der Waals surface area contributed by atoms with Crippen molar-refractivity contribution in [2.45, 2.75) is 58.5 Å². The Bertz CT molecular complexity index is 251. The van der Waals surface area contributed by atoms with Gasteiger partial charge in [0.25, 0.3) is 0 Å². The van der Waals surface area contributed by atoms with Gasteiger partial charge in [0.15, 0.2) is 0 Å². The summed E-state index contributed by atoms with van der Waals surface area (Å²) in [6.45, 7) is 8.15. The predicted octanol–water partition coefficient (Wildman–Crippen LogP) is 1.87. The van der Waals surface area contributed by atoms with Crippen LogP contribution in [0.15, 0.2) is 0 Å². The molecule has 1 N–H and O–H groups in total. The van der Waals surface area contributed by atoms with Crippen LogP contribution in [0.1, 0.15) is 52.4 Å². The molecule has 0 aromatic carbocycles. The highest BCUT2D eigenvalue weighted by atomic mass is 16.3. The molecule has 0 radical (unpaired) electrons. The highest BCUT2D eigenvalue weighted by Crippen LogP contribution is 2.10. The van der Waals surface area contributed by atoms with Crippen LogP contribution >= 0.6 is 0 Å². The minimum absolute atomic E-state index is 0.232. The second kappa shape index (κ2) is 9.32. The molecule has 1 rings (SSSR count). The van der Waals surface area contributed by atoms with Crippen LogP contribution in [0.4, 0.5) is 0 Å². The van der Waals surface area contributed by atoms with E-state index in [-0.39, 0.29) is 12.0 Å². The Morgan fingerprint density at radius 1 is 1.26 bits per heavy atom. The van der Waals surface area contributed by atoms with Gasteiger partial charge in [0, 0.05) is 19.6 Å². The summed E-state index contributed by atoms with van der Waals surface area (Å²) in [6, 6.07) is 0. The summed E-state index contributed by atoms with van der Waals surface area (Å²) in [4.78, 5) is 16.4. The molecule has 112 valence electrons. The number of β-amino-alcohol motifs (C(OH)–C–C–N with tert-alkyl or cyclic N) is 1. The monoisotopic (exact) mass is 270 g/mol. The number of piperidine rings is 1. The fourth-order valence-corrected chi connectivity index (χ4v) is 2.53. The number of carbonyl (C=O) groups is 1. The second-order valence-electron chi connectivity index (χ2n) is 5.62. The highest BCUT2D eigenvalue weighted by Gasteiger charge is 2.22. The van der Waals surface area contributed by atoms with E-state index in [0.29, 0.717) is 13.1 Å². The van der Waals surface area contributed by atoms with Crippen LogP contribution in [0.3, 0.4) is 0 Å². The maximum Gasteiger partial charge on any atom is 0.236 e. The van der Waals surface area contributed by atoms with E-state index in [2.05, 4.69) is 18.7 Å². The summed E-state index contributed by atoms with van der Waals surface area (Å²) >= 11 is 0. The third kappa shape index (κ3) is 6.39. The standard InChI is InChI=1S/C15H30N2O2/c1-3-5-10-17(11-6-4-2)15(19)13-16-9-7-8-14(18)12-16/h14,18H,3-13H2,1-2H3/t14-/m0/s1. The first-order valence-electron chi connectivity index (χ1n) is 7.85. The number of rotatable bonds is 8. The van der Waals surface area contributed by atoms with Gasteiger partial charge in [-0.25, -0.2) is 0 Å². The molecular formula is C15H30N2O2. The van der Waals surface area contributed by atoms with Crippen molar-refractivity contribution in [2.75, 3.05) is 32.7 Å². The number of unbranched alkanes of at least 4 members (excludes halogenated alkanes) is 2. The number of amides is 1. The fourth-order valence-electron chi connectivity index (χ4n) is 2.53. The normalized spacial score (nSPS) is 20.5. The van der Waals surface area contributed by atoms with Crippen molar-refractivity contribution >= 4 is 5.91 Å². The number of hydrogen-bond acceptors (Lipinski definition) is 3. The number of aliphatic hydroxyl groups excluding tert-OH is 1. The molecule has 1 atom stereocenters. The average molecular weight is 270 g/mol. The first-order chi connectivity index (χ1) is 9.17. The predicted molar refractivity (Wildman–Crippen MR) is 78.1 cm³/mol. The van der Waals surface area contributed by atoms with E-state index in [1.165, 1.54) is 0 Å². The molecule has 0 aliphatic carbocycles. The van der Waals surface area contributed by atoms with Crippen LogP contribution in [-0.2, 0) is 4.79 Å². The molecule has 1 amide bonds. The molecule has 0 spiro atoms. The molecule has 0 unspecified atom stereocenters. The number of carbonyl (C=O) groups excluding carboxylic acids is 1. The minimum Gasteiger partial charge on any atom is -0.392 e. The van der Waals surface area contributed by atoms with Crippen LogP contribution in [0, 0.1) is 0 Å². The zero-order chi connectivity index (χ0) is 14.1. The quantitative estimate of drug-likeness (QED) is 0.732. The molecule has 0 saturated carbocycles. The molecule has 1 heterocycles. The van der Waals surface area contributed by atoms with Gasteiger partial charge in [-0.15, -0.1) is 0 Å². The van der Waals surface area contributed by atoms with E-state index < -0.39 is 0 Å². The number of likely N-dealkylation sites (tertiary alicyclic amines) is 1.